The van der Waals surface area contributed by atoms with Gasteiger partial charge in [0, 0.05) is 29.2 Å². The van der Waals surface area contributed by atoms with Gasteiger partial charge in [-0.1, -0.05) is 28.1 Å². The second-order valence-corrected chi connectivity index (χ2v) is 4.10. The molecule has 0 saturated heterocycles. The van der Waals surface area contributed by atoms with Crippen molar-refractivity contribution in [3.05, 3.63) is 58.5 Å². The first kappa shape index (κ1) is 11.9. The predicted octanol–water partition coefficient (Wildman–Crippen LogP) is 2.74. The molecular formula is C13H12BrNO2. The lowest BCUT2D eigenvalue weighted by Crippen LogP contribution is -2.15. The van der Waals surface area contributed by atoms with E-state index in [1.54, 1.807) is 23.9 Å². The molecular weight excluding hydrogens is 282 g/mol. The average Bonchev–Trinajstić information content (AvgIpc) is 2.38. The third-order valence-electron chi connectivity index (χ3n) is 2.52. The molecule has 4 heteroatoms. The number of halogens is 1. The Kier molecular flexibility index (Phi) is 3.64. The number of aromatic nitrogens is 1. The molecule has 0 saturated carbocycles. The maximum absolute atomic E-state index is 11.7. The molecule has 2 aromatic rings. The molecule has 0 radical (unpaired) electrons. The third kappa shape index (κ3) is 2.42. The normalized spacial score (nSPS) is 10.2. The molecule has 17 heavy (non-hydrogen) atoms. The fourth-order valence-electron chi connectivity index (χ4n) is 1.63. The predicted molar refractivity (Wildman–Crippen MR) is 71.2 cm³/mol. The van der Waals surface area contributed by atoms with Crippen LogP contribution in [0.25, 0.3) is 5.69 Å². The lowest BCUT2D eigenvalue weighted by Gasteiger charge is -2.10. The fraction of sp³-hybridized carbons (Fsp3) is 0.154. The maximum Gasteiger partial charge on any atom is 0.255 e. The molecule has 0 amide bonds. The van der Waals surface area contributed by atoms with Crippen LogP contribution in [0.1, 0.15) is 5.56 Å². The van der Waals surface area contributed by atoms with E-state index in [1.807, 2.05) is 24.3 Å². The Morgan fingerprint density at radius 3 is 2.76 bits per heavy atom. The molecule has 1 heterocycles. The van der Waals surface area contributed by atoms with E-state index in [9.17, 15) is 4.79 Å². The highest BCUT2D eigenvalue weighted by Gasteiger charge is 2.05. The summed E-state index contributed by atoms with van der Waals surface area (Å²) in [7, 11) is 1.62. The standard InChI is InChI=1S/C13H12BrNO2/c1-17-12-8-11(6-5-10(12)9-14)15-7-3-2-4-13(15)16/h2-8H,9H2,1H3. The zero-order valence-corrected chi connectivity index (χ0v) is 11.0. The summed E-state index contributed by atoms with van der Waals surface area (Å²) in [5.74, 6) is 0.773. The van der Waals surface area contributed by atoms with Crippen LogP contribution in [0.5, 0.6) is 5.75 Å². The second kappa shape index (κ2) is 5.19. The molecule has 2 rings (SSSR count). The highest BCUT2D eigenvalue weighted by Crippen LogP contribution is 2.23. The SMILES string of the molecule is COc1cc(-n2ccccc2=O)ccc1CBr. The van der Waals surface area contributed by atoms with Gasteiger partial charge in [-0.3, -0.25) is 9.36 Å². The van der Waals surface area contributed by atoms with Crippen LogP contribution in [0.3, 0.4) is 0 Å². The second-order valence-electron chi connectivity index (χ2n) is 3.54. The van der Waals surface area contributed by atoms with E-state index in [0.29, 0.717) is 0 Å². The number of nitrogens with zero attached hydrogens (tertiary/aromatic N) is 1. The number of pyridine rings is 1. The Hall–Kier alpha value is -1.55. The van der Waals surface area contributed by atoms with Gasteiger partial charge in [0.25, 0.3) is 5.56 Å². The van der Waals surface area contributed by atoms with Gasteiger partial charge >= 0.3 is 0 Å². The van der Waals surface area contributed by atoms with Gasteiger partial charge < -0.3 is 4.74 Å². The van der Waals surface area contributed by atoms with Crippen LogP contribution in [0.4, 0.5) is 0 Å². The number of ether oxygens (including phenoxy) is 1. The Morgan fingerprint density at radius 1 is 1.29 bits per heavy atom. The van der Waals surface area contributed by atoms with Crippen LogP contribution < -0.4 is 10.3 Å². The Balaban J connectivity index is 2.54. The monoisotopic (exact) mass is 293 g/mol. The average molecular weight is 294 g/mol. The number of hydrogen-bond donors (Lipinski definition) is 0. The van der Waals surface area contributed by atoms with Gasteiger partial charge in [-0.15, -0.1) is 0 Å². The van der Waals surface area contributed by atoms with Gasteiger partial charge in [0.15, 0.2) is 0 Å². The third-order valence-corrected chi connectivity index (χ3v) is 3.12. The first-order chi connectivity index (χ1) is 8.26. The van der Waals surface area contributed by atoms with E-state index in [1.165, 1.54) is 6.07 Å². The molecule has 0 spiro atoms. The lowest BCUT2D eigenvalue weighted by molar-refractivity contribution is 0.411. The first-order valence-electron chi connectivity index (χ1n) is 5.17. The molecule has 0 fully saturated rings. The molecule has 0 N–H and O–H groups in total. The summed E-state index contributed by atoms with van der Waals surface area (Å²) < 4.78 is 6.88. The molecule has 0 aliphatic heterocycles. The quantitative estimate of drug-likeness (QED) is 0.815. The van der Waals surface area contributed by atoms with Crippen molar-refractivity contribution in [3.63, 3.8) is 0 Å². The molecule has 1 aromatic carbocycles. The van der Waals surface area contributed by atoms with Gasteiger partial charge in [0.2, 0.25) is 0 Å². The highest BCUT2D eigenvalue weighted by molar-refractivity contribution is 9.08. The molecule has 0 aliphatic rings. The summed E-state index contributed by atoms with van der Waals surface area (Å²) in [6.45, 7) is 0. The molecule has 0 atom stereocenters. The molecule has 0 bridgehead atoms. The van der Waals surface area contributed by atoms with Crippen molar-refractivity contribution >= 4 is 15.9 Å². The van der Waals surface area contributed by atoms with Gasteiger partial charge in [0.1, 0.15) is 5.75 Å². The first-order valence-corrected chi connectivity index (χ1v) is 6.29. The van der Waals surface area contributed by atoms with E-state index < -0.39 is 0 Å². The van der Waals surface area contributed by atoms with E-state index in [4.69, 9.17) is 4.74 Å². The molecule has 88 valence electrons. The number of rotatable bonds is 3. The van der Waals surface area contributed by atoms with Crippen molar-refractivity contribution in [1.29, 1.82) is 0 Å². The maximum atomic E-state index is 11.7. The van der Waals surface area contributed by atoms with Crippen molar-refractivity contribution in [3.8, 4) is 11.4 Å². The zero-order chi connectivity index (χ0) is 12.3. The van der Waals surface area contributed by atoms with E-state index >= 15 is 0 Å². The van der Waals surface area contributed by atoms with Gasteiger partial charge in [-0.2, -0.15) is 0 Å². The van der Waals surface area contributed by atoms with Crippen LogP contribution in [0, 0.1) is 0 Å². The minimum absolute atomic E-state index is 0.0545. The smallest absolute Gasteiger partial charge is 0.255 e. The van der Waals surface area contributed by atoms with E-state index in [0.717, 1.165) is 22.3 Å². The highest BCUT2D eigenvalue weighted by atomic mass is 79.9. The minimum Gasteiger partial charge on any atom is -0.496 e. The van der Waals surface area contributed by atoms with Crippen molar-refractivity contribution in [2.75, 3.05) is 7.11 Å². The Bertz CT molecular complexity index is 578. The minimum atomic E-state index is -0.0545. The summed E-state index contributed by atoms with van der Waals surface area (Å²) in [5, 5.41) is 0.722. The summed E-state index contributed by atoms with van der Waals surface area (Å²) >= 11 is 3.40. The molecule has 3 nitrogen and oxygen atoms in total. The van der Waals surface area contributed by atoms with Gasteiger partial charge in [-0.25, -0.2) is 0 Å². The summed E-state index contributed by atoms with van der Waals surface area (Å²) in [6, 6.07) is 10.8. The topological polar surface area (TPSA) is 31.2 Å². The summed E-state index contributed by atoms with van der Waals surface area (Å²) in [5.41, 5.74) is 1.80. The Morgan fingerprint density at radius 2 is 2.12 bits per heavy atom. The number of benzene rings is 1. The van der Waals surface area contributed by atoms with Crippen LogP contribution in [-0.2, 0) is 5.33 Å². The van der Waals surface area contributed by atoms with E-state index in [-0.39, 0.29) is 5.56 Å². The molecule has 1 aromatic heterocycles. The van der Waals surface area contributed by atoms with Gasteiger partial charge in [0.05, 0.1) is 12.8 Å². The lowest BCUT2D eigenvalue weighted by atomic mass is 10.2. The zero-order valence-electron chi connectivity index (χ0n) is 9.39. The van der Waals surface area contributed by atoms with Crippen LogP contribution in [-0.4, -0.2) is 11.7 Å². The summed E-state index contributed by atoms with van der Waals surface area (Å²) in [6.07, 6.45) is 1.74. The van der Waals surface area contributed by atoms with Crippen molar-refractivity contribution in [1.82, 2.24) is 4.57 Å². The van der Waals surface area contributed by atoms with Gasteiger partial charge in [-0.05, 0) is 12.1 Å². The van der Waals surface area contributed by atoms with Crippen LogP contribution in [0.2, 0.25) is 0 Å². The summed E-state index contributed by atoms with van der Waals surface area (Å²) in [4.78, 5) is 11.7. The van der Waals surface area contributed by atoms with Crippen LogP contribution >= 0.6 is 15.9 Å². The van der Waals surface area contributed by atoms with Crippen molar-refractivity contribution in [2.45, 2.75) is 5.33 Å². The number of hydrogen-bond acceptors (Lipinski definition) is 2. The van der Waals surface area contributed by atoms with Crippen LogP contribution in [0.15, 0.2) is 47.4 Å². The largest absolute Gasteiger partial charge is 0.496 e. The molecule has 0 unspecified atom stereocenters. The van der Waals surface area contributed by atoms with Crippen molar-refractivity contribution < 1.29 is 4.74 Å². The van der Waals surface area contributed by atoms with E-state index in [2.05, 4.69) is 15.9 Å². The molecule has 0 aliphatic carbocycles. The fourth-order valence-corrected chi connectivity index (χ4v) is 2.10. The number of alkyl halides is 1. The number of methoxy groups -OCH3 is 1. The van der Waals surface area contributed by atoms with Crippen molar-refractivity contribution in [2.24, 2.45) is 0 Å². The Labute approximate surface area is 108 Å².